The normalized spacial score (nSPS) is 25.4. The summed E-state index contributed by atoms with van der Waals surface area (Å²) in [6.45, 7) is 2.81. The molecule has 0 bridgehead atoms. The molecule has 1 saturated heterocycles. The van der Waals surface area contributed by atoms with Gasteiger partial charge in [-0.05, 0) is 56.4 Å². The molecule has 0 aromatic heterocycles. The van der Waals surface area contributed by atoms with Crippen LogP contribution in [0.4, 0.5) is 0 Å². The van der Waals surface area contributed by atoms with Crippen molar-refractivity contribution in [1.29, 1.82) is 0 Å². The summed E-state index contributed by atoms with van der Waals surface area (Å²) in [6.07, 6.45) is 6.63. The molecule has 1 aromatic rings. The molecule has 0 radical (unpaired) electrons. The molecular formula is C17H24ClNO2. The molecule has 0 amide bonds. The molecule has 3 rings (SSSR count). The Morgan fingerprint density at radius 2 is 2.29 bits per heavy atom. The topological polar surface area (TPSA) is 44.5 Å². The zero-order valence-corrected chi connectivity index (χ0v) is 13.4. The van der Waals surface area contributed by atoms with E-state index in [1.54, 1.807) is 0 Å². The van der Waals surface area contributed by atoms with E-state index in [-0.39, 0.29) is 17.7 Å². The van der Waals surface area contributed by atoms with Gasteiger partial charge in [0.2, 0.25) is 0 Å². The van der Waals surface area contributed by atoms with Crippen LogP contribution in [0.3, 0.4) is 0 Å². The predicted octanol–water partition coefficient (Wildman–Crippen LogP) is 3.71. The van der Waals surface area contributed by atoms with Gasteiger partial charge >= 0.3 is 0 Å². The molecular weight excluding hydrogens is 286 g/mol. The molecule has 1 aliphatic heterocycles. The molecule has 1 aromatic carbocycles. The number of hydrogen-bond acceptors (Lipinski definition) is 3. The third-order valence-corrected chi connectivity index (χ3v) is 4.81. The lowest BCUT2D eigenvalue weighted by molar-refractivity contribution is -0.153. The number of halogens is 1. The number of benzene rings is 1. The zero-order valence-electron chi connectivity index (χ0n) is 12.6. The minimum atomic E-state index is 0.0958. The van der Waals surface area contributed by atoms with Crippen LogP contribution in [0.5, 0.6) is 5.75 Å². The van der Waals surface area contributed by atoms with Gasteiger partial charge in [-0.2, -0.15) is 0 Å². The van der Waals surface area contributed by atoms with Gasteiger partial charge < -0.3 is 15.2 Å². The average molecular weight is 310 g/mol. The Labute approximate surface area is 131 Å². The molecule has 1 spiro atoms. The molecule has 21 heavy (non-hydrogen) atoms. The van der Waals surface area contributed by atoms with E-state index in [0.29, 0.717) is 0 Å². The van der Waals surface area contributed by atoms with Crippen molar-refractivity contribution in [2.75, 3.05) is 6.61 Å². The first-order chi connectivity index (χ1) is 10.1. The Hall–Kier alpha value is -0.770. The molecule has 1 saturated carbocycles. The van der Waals surface area contributed by atoms with Crippen molar-refractivity contribution < 1.29 is 9.47 Å². The van der Waals surface area contributed by atoms with E-state index in [4.69, 9.17) is 26.8 Å². The van der Waals surface area contributed by atoms with Gasteiger partial charge in [0.05, 0.1) is 12.2 Å². The summed E-state index contributed by atoms with van der Waals surface area (Å²) in [5.74, 6) is 0.929. The second-order valence-corrected chi connectivity index (χ2v) is 6.99. The van der Waals surface area contributed by atoms with Crippen LogP contribution in [0.25, 0.3) is 0 Å². The van der Waals surface area contributed by atoms with Crippen molar-refractivity contribution in [2.24, 2.45) is 5.73 Å². The van der Waals surface area contributed by atoms with Crippen molar-refractivity contribution in [3.63, 3.8) is 0 Å². The number of nitrogens with two attached hydrogens (primary N) is 1. The Bertz CT molecular complexity index is 500. The van der Waals surface area contributed by atoms with E-state index in [0.717, 1.165) is 42.2 Å². The first-order valence-electron chi connectivity index (χ1n) is 7.91. The van der Waals surface area contributed by atoms with Gasteiger partial charge in [-0.1, -0.05) is 11.6 Å². The van der Waals surface area contributed by atoms with Crippen LogP contribution in [0.1, 0.15) is 44.6 Å². The van der Waals surface area contributed by atoms with E-state index < -0.39 is 0 Å². The monoisotopic (exact) mass is 309 g/mol. The predicted molar refractivity (Wildman–Crippen MR) is 85.0 cm³/mol. The van der Waals surface area contributed by atoms with E-state index in [2.05, 4.69) is 0 Å². The van der Waals surface area contributed by atoms with Gasteiger partial charge in [0.1, 0.15) is 11.9 Å². The summed E-state index contributed by atoms with van der Waals surface area (Å²) in [7, 11) is 0. The first-order valence-corrected chi connectivity index (χ1v) is 8.29. The van der Waals surface area contributed by atoms with Crippen LogP contribution >= 0.6 is 11.6 Å². The van der Waals surface area contributed by atoms with Gasteiger partial charge in [0, 0.05) is 23.9 Å². The fourth-order valence-electron chi connectivity index (χ4n) is 3.35. The van der Waals surface area contributed by atoms with Gasteiger partial charge in [0.25, 0.3) is 0 Å². The number of hydrogen-bond donors (Lipinski definition) is 1. The fraction of sp³-hybridized carbons (Fsp3) is 0.647. The number of rotatable bonds is 4. The smallest absolute Gasteiger partial charge is 0.123 e. The molecule has 2 atom stereocenters. The summed E-state index contributed by atoms with van der Waals surface area (Å²) in [5.41, 5.74) is 7.14. The van der Waals surface area contributed by atoms with Crippen LogP contribution in [0, 0.1) is 0 Å². The van der Waals surface area contributed by atoms with Gasteiger partial charge in [-0.15, -0.1) is 0 Å². The molecule has 2 fully saturated rings. The fourth-order valence-corrected chi connectivity index (χ4v) is 3.55. The maximum Gasteiger partial charge on any atom is 0.123 e. The Morgan fingerprint density at radius 3 is 2.95 bits per heavy atom. The van der Waals surface area contributed by atoms with Crippen molar-refractivity contribution in [3.8, 4) is 5.75 Å². The molecule has 1 aliphatic carbocycles. The molecule has 4 heteroatoms. The van der Waals surface area contributed by atoms with Gasteiger partial charge in [0.15, 0.2) is 0 Å². The van der Waals surface area contributed by atoms with Crippen LogP contribution in [0.2, 0.25) is 5.02 Å². The highest BCUT2D eigenvalue weighted by Gasteiger charge is 2.43. The molecule has 2 unspecified atom stereocenters. The van der Waals surface area contributed by atoms with Crippen molar-refractivity contribution in [1.82, 2.24) is 0 Å². The minimum Gasteiger partial charge on any atom is -0.490 e. The van der Waals surface area contributed by atoms with E-state index in [9.17, 15) is 0 Å². The maximum atomic E-state index is 6.28. The van der Waals surface area contributed by atoms with Crippen LogP contribution in [-0.2, 0) is 11.2 Å². The van der Waals surface area contributed by atoms with Crippen LogP contribution in [0.15, 0.2) is 18.2 Å². The summed E-state index contributed by atoms with van der Waals surface area (Å²) in [5, 5.41) is 0.737. The van der Waals surface area contributed by atoms with Crippen molar-refractivity contribution >= 4 is 11.6 Å². The molecule has 1 heterocycles. The summed E-state index contributed by atoms with van der Waals surface area (Å²) in [4.78, 5) is 0. The highest BCUT2D eigenvalue weighted by molar-refractivity contribution is 6.30. The van der Waals surface area contributed by atoms with Gasteiger partial charge in [-0.25, -0.2) is 0 Å². The van der Waals surface area contributed by atoms with Crippen molar-refractivity contribution in [2.45, 2.75) is 63.2 Å². The average Bonchev–Trinajstić information content (AvgIpc) is 2.40. The standard InChI is InChI=1S/C17H24ClNO2/c1-12(19)9-13-10-14(18)3-4-16(13)21-15-5-8-20-17(11-15)6-2-7-17/h3-4,10,12,15H,2,5-9,11,19H2,1H3. The lowest BCUT2D eigenvalue weighted by Crippen LogP contribution is -2.48. The third-order valence-electron chi connectivity index (χ3n) is 4.57. The SMILES string of the molecule is CC(N)Cc1cc(Cl)ccc1OC1CCOC2(CCC2)C1. The summed E-state index contributed by atoms with van der Waals surface area (Å²) in [6, 6.07) is 5.93. The third kappa shape index (κ3) is 3.53. The summed E-state index contributed by atoms with van der Waals surface area (Å²) < 4.78 is 12.2. The minimum absolute atomic E-state index is 0.0958. The Morgan fingerprint density at radius 1 is 1.48 bits per heavy atom. The highest BCUT2D eigenvalue weighted by Crippen LogP contribution is 2.43. The van der Waals surface area contributed by atoms with Crippen LogP contribution < -0.4 is 10.5 Å². The van der Waals surface area contributed by atoms with E-state index >= 15 is 0 Å². The number of ether oxygens (including phenoxy) is 2. The van der Waals surface area contributed by atoms with Crippen molar-refractivity contribution in [3.05, 3.63) is 28.8 Å². The lowest BCUT2D eigenvalue weighted by Gasteiger charge is -2.47. The largest absolute Gasteiger partial charge is 0.490 e. The van der Waals surface area contributed by atoms with Gasteiger partial charge in [-0.3, -0.25) is 0 Å². The second kappa shape index (κ2) is 6.15. The summed E-state index contributed by atoms with van der Waals surface area (Å²) >= 11 is 6.10. The first kappa shape index (κ1) is 15.1. The van der Waals surface area contributed by atoms with Crippen LogP contribution in [-0.4, -0.2) is 24.4 Å². The molecule has 116 valence electrons. The Balaban J connectivity index is 1.71. The van der Waals surface area contributed by atoms with E-state index in [1.807, 2.05) is 25.1 Å². The van der Waals surface area contributed by atoms with E-state index in [1.165, 1.54) is 19.3 Å². The quantitative estimate of drug-likeness (QED) is 0.922. The molecule has 2 N–H and O–H groups in total. The Kier molecular flexibility index (Phi) is 4.43. The second-order valence-electron chi connectivity index (χ2n) is 6.55. The molecule has 2 aliphatic rings. The maximum absolute atomic E-state index is 6.28. The highest BCUT2D eigenvalue weighted by atomic mass is 35.5. The molecule has 3 nitrogen and oxygen atoms in total. The zero-order chi connectivity index (χ0) is 14.9. The lowest BCUT2D eigenvalue weighted by atomic mass is 9.74.